The van der Waals surface area contributed by atoms with Crippen LogP contribution in [0, 0.1) is 30.3 Å². The van der Waals surface area contributed by atoms with Gasteiger partial charge >= 0.3 is 0 Å². The zero-order chi connectivity index (χ0) is 50.3. The first-order valence-corrected chi connectivity index (χ1v) is 27.8. The number of nitrogens with one attached hydrogen (secondary N) is 3. The van der Waals surface area contributed by atoms with E-state index in [1.807, 2.05) is 16.7 Å². The molecule has 9 rings (SSSR count). The number of carbonyl (C=O) groups is 3. The van der Waals surface area contributed by atoms with E-state index in [4.69, 9.17) is 9.72 Å². The fraction of sp³-hybridized carbons (Fsp3) is 0.451. The Labute approximate surface area is 419 Å². The van der Waals surface area contributed by atoms with Crippen LogP contribution in [0.25, 0.3) is 10.9 Å². The van der Waals surface area contributed by atoms with Crippen LogP contribution in [-0.2, 0) is 25.4 Å². The Balaban J connectivity index is 0.809. The number of hydrogen-bond donors (Lipinski definition) is 3. The Morgan fingerprint density at radius 2 is 1.59 bits per heavy atom. The summed E-state index contributed by atoms with van der Waals surface area (Å²) in [5.74, 6) is -3.16. The molecule has 0 bridgehead atoms. The van der Waals surface area contributed by atoms with Gasteiger partial charge in [-0.2, -0.15) is 4.98 Å². The molecule has 4 aliphatic heterocycles. The van der Waals surface area contributed by atoms with E-state index in [0.717, 1.165) is 56.7 Å². The standard InChI is InChI=1S/C51H59BrF3N10O5P/c1-6-30-22-42(59-51-56-27-36(52)48(61-51)58-41-10-9-40-35(47(41)71(4,5)69)25-37(53)29(3)57-40)44(70-7-2)26-43(30)63-16-13-32(14-17-63)62-18-20-64(21-19-62)50(68)31-12-15-65(28-31)33-23-38(54)46(39(55)24-33)34-8-11-45(66)60-49(34)67/h9-10,22-27,31-32,34H,6-8,11-21,28H2,1-5H3,(H,60,66,67)(H2,56,58,59,61). The summed E-state index contributed by atoms with van der Waals surface area (Å²) < 4.78 is 65.9. The Morgan fingerprint density at radius 3 is 2.27 bits per heavy atom. The molecule has 3 N–H and O–H groups in total. The Bertz CT molecular complexity index is 2920. The number of pyridine rings is 1. The zero-order valence-corrected chi connectivity index (χ0v) is 43.1. The Morgan fingerprint density at radius 1 is 0.873 bits per heavy atom. The number of piperazine rings is 1. The molecule has 0 saturated carbocycles. The molecule has 4 aliphatic rings. The van der Waals surface area contributed by atoms with Gasteiger partial charge in [-0.05, 0) is 117 Å². The van der Waals surface area contributed by atoms with Crippen molar-refractivity contribution in [3.8, 4) is 5.75 Å². The SMILES string of the molecule is CCOc1cc(N2CCC(N3CCN(C(=O)C4CCN(c5cc(F)c(C6CCC(=O)NC6=O)c(F)c5)C4)CC3)CC2)c(CC)cc1Nc1ncc(Br)c(Nc2ccc3nc(C)c(F)cc3c2P(C)(C)=O)n1. The molecule has 15 nitrogen and oxygen atoms in total. The van der Waals surface area contributed by atoms with Crippen LogP contribution in [0.15, 0.2) is 53.1 Å². The van der Waals surface area contributed by atoms with Gasteiger partial charge in [-0.1, -0.05) is 6.92 Å². The molecule has 71 heavy (non-hydrogen) atoms. The van der Waals surface area contributed by atoms with E-state index in [0.29, 0.717) is 101 Å². The van der Waals surface area contributed by atoms with E-state index >= 15 is 8.78 Å². The van der Waals surface area contributed by atoms with Crippen LogP contribution in [0.2, 0.25) is 0 Å². The number of nitrogens with zero attached hydrogens (tertiary/aromatic N) is 7. The predicted octanol–water partition coefficient (Wildman–Crippen LogP) is 8.37. The first-order valence-electron chi connectivity index (χ1n) is 24.4. The number of carbonyl (C=O) groups excluding carboxylic acids is 3. The number of piperidine rings is 2. The third-order valence-corrected chi connectivity index (χ3v) is 16.4. The summed E-state index contributed by atoms with van der Waals surface area (Å²) in [6, 6.07) is 12.0. The largest absolute Gasteiger partial charge is 0.492 e. The van der Waals surface area contributed by atoms with Gasteiger partial charge in [0.2, 0.25) is 23.7 Å². The van der Waals surface area contributed by atoms with Crippen molar-refractivity contribution in [2.45, 2.75) is 71.3 Å². The lowest BCUT2D eigenvalue weighted by Crippen LogP contribution is -2.55. The highest BCUT2D eigenvalue weighted by Gasteiger charge is 2.37. The molecule has 20 heteroatoms. The third-order valence-electron chi connectivity index (χ3n) is 14.2. The van der Waals surface area contributed by atoms with Gasteiger partial charge in [0.25, 0.3) is 0 Å². The number of halogens is 4. The number of ether oxygens (including phenoxy) is 1. The van der Waals surface area contributed by atoms with Crippen LogP contribution in [0.3, 0.4) is 0 Å². The topological polar surface area (TPSA) is 165 Å². The first-order chi connectivity index (χ1) is 34.0. The lowest BCUT2D eigenvalue weighted by molar-refractivity contribution is -0.137. The highest BCUT2D eigenvalue weighted by molar-refractivity contribution is 9.10. The second-order valence-corrected chi connectivity index (χ2v) is 23.2. The molecule has 0 spiro atoms. The van der Waals surface area contributed by atoms with Crippen LogP contribution < -0.4 is 35.8 Å². The molecular formula is C51H59BrF3N10O5P. The molecule has 4 fully saturated rings. The summed E-state index contributed by atoms with van der Waals surface area (Å²) in [4.78, 5) is 60.1. The number of imide groups is 1. The van der Waals surface area contributed by atoms with Crippen molar-refractivity contribution in [3.05, 3.63) is 87.4 Å². The first kappa shape index (κ1) is 50.2. The van der Waals surface area contributed by atoms with Crippen LogP contribution in [0.4, 0.5) is 47.7 Å². The number of amides is 3. The number of rotatable bonds is 13. The van der Waals surface area contributed by atoms with Crippen molar-refractivity contribution in [2.24, 2.45) is 5.92 Å². The lowest BCUT2D eigenvalue weighted by atomic mass is 9.89. The maximum Gasteiger partial charge on any atom is 0.234 e. The van der Waals surface area contributed by atoms with Gasteiger partial charge in [-0.15, -0.1) is 0 Å². The molecular weight excluding hydrogens is 1000 g/mol. The molecule has 4 saturated heterocycles. The van der Waals surface area contributed by atoms with Crippen LogP contribution >= 0.6 is 23.1 Å². The van der Waals surface area contributed by atoms with Crippen molar-refractivity contribution in [1.29, 1.82) is 0 Å². The molecule has 2 atom stereocenters. The molecule has 2 unspecified atom stereocenters. The normalized spacial score (nSPS) is 19.4. The molecule has 2 aromatic heterocycles. The second-order valence-electron chi connectivity index (χ2n) is 19.2. The minimum atomic E-state index is -2.94. The maximum absolute atomic E-state index is 15.3. The number of aryl methyl sites for hydroxylation is 2. The summed E-state index contributed by atoms with van der Waals surface area (Å²) in [7, 11) is -2.94. The van der Waals surface area contributed by atoms with Gasteiger partial charge in [0, 0.05) is 105 Å². The molecule has 376 valence electrons. The third kappa shape index (κ3) is 10.6. The Kier molecular flexibility index (Phi) is 14.7. The molecule has 0 radical (unpaired) electrons. The second kappa shape index (κ2) is 20.7. The van der Waals surface area contributed by atoms with Crippen molar-refractivity contribution < 1.29 is 36.9 Å². The monoisotopic (exact) mass is 1060 g/mol. The molecule has 0 aliphatic carbocycles. The van der Waals surface area contributed by atoms with Gasteiger partial charge in [-0.3, -0.25) is 29.6 Å². The summed E-state index contributed by atoms with van der Waals surface area (Å²) in [5, 5.41) is 9.84. The minimum Gasteiger partial charge on any atom is -0.492 e. The predicted molar refractivity (Wildman–Crippen MR) is 274 cm³/mol. The highest BCUT2D eigenvalue weighted by atomic mass is 79.9. The summed E-state index contributed by atoms with van der Waals surface area (Å²) in [6.45, 7) is 14.7. The van der Waals surface area contributed by atoms with Crippen LogP contribution in [-0.4, -0.2) is 121 Å². The van der Waals surface area contributed by atoms with Crippen molar-refractivity contribution in [2.75, 3.05) is 92.7 Å². The zero-order valence-electron chi connectivity index (χ0n) is 40.6. The molecule has 3 aromatic carbocycles. The van der Waals surface area contributed by atoms with Gasteiger partial charge in [0.05, 0.1) is 45.5 Å². The smallest absolute Gasteiger partial charge is 0.234 e. The van der Waals surface area contributed by atoms with Crippen molar-refractivity contribution in [1.82, 2.24) is 30.1 Å². The lowest BCUT2D eigenvalue weighted by Gasteiger charge is -2.44. The molecule has 6 heterocycles. The Hall–Kier alpha value is -5.78. The van der Waals surface area contributed by atoms with E-state index in [1.165, 1.54) is 18.2 Å². The number of aromatic nitrogens is 3. The fourth-order valence-electron chi connectivity index (χ4n) is 10.6. The van der Waals surface area contributed by atoms with Crippen LogP contribution in [0.1, 0.15) is 68.7 Å². The summed E-state index contributed by atoms with van der Waals surface area (Å²) in [6.07, 6.45) is 4.98. The van der Waals surface area contributed by atoms with Crippen molar-refractivity contribution >= 4 is 91.5 Å². The number of hydrogen-bond acceptors (Lipinski definition) is 13. The van der Waals surface area contributed by atoms with E-state index in [2.05, 4.69) is 70.7 Å². The molecule has 5 aromatic rings. The maximum atomic E-state index is 15.3. The number of benzene rings is 3. The minimum absolute atomic E-state index is 0.0209. The highest BCUT2D eigenvalue weighted by Crippen LogP contribution is 2.43. The number of anilines is 6. The van der Waals surface area contributed by atoms with Crippen molar-refractivity contribution in [3.63, 3.8) is 0 Å². The van der Waals surface area contributed by atoms with E-state index in [1.54, 1.807) is 38.6 Å². The van der Waals surface area contributed by atoms with E-state index in [-0.39, 0.29) is 35.9 Å². The fourth-order valence-corrected chi connectivity index (χ4v) is 12.4. The van der Waals surface area contributed by atoms with E-state index < -0.39 is 42.3 Å². The van der Waals surface area contributed by atoms with Gasteiger partial charge in [-0.25, -0.2) is 18.2 Å². The molecule has 3 amide bonds. The summed E-state index contributed by atoms with van der Waals surface area (Å²) in [5.41, 5.74) is 4.33. The van der Waals surface area contributed by atoms with Crippen LogP contribution in [0.5, 0.6) is 5.75 Å². The van der Waals surface area contributed by atoms with Gasteiger partial charge < -0.3 is 34.6 Å². The summed E-state index contributed by atoms with van der Waals surface area (Å²) >= 11 is 3.57. The van der Waals surface area contributed by atoms with E-state index in [9.17, 15) is 23.3 Å². The van der Waals surface area contributed by atoms with Gasteiger partial charge in [0.15, 0.2) is 0 Å². The van der Waals surface area contributed by atoms with Gasteiger partial charge in [0.1, 0.15) is 36.2 Å². The average molecular weight is 1060 g/mol. The number of fused-ring (bicyclic) bond motifs is 1. The average Bonchev–Trinajstić information content (AvgIpc) is 3.84. The quantitative estimate of drug-likeness (QED) is 0.0762.